The van der Waals surface area contributed by atoms with Crippen LogP contribution in [0.5, 0.6) is 0 Å². The molecule has 0 amide bonds. The predicted molar refractivity (Wildman–Crippen MR) is 85.3 cm³/mol. The normalized spacial score (nSPS) is 14.5. The Morgan fingerprint density at radius 2 is 1.24 bits per heavy atom. The highest BCUT2D eigenvalue weighted by atomic mass is 28.5. The minimum Gasteiger partial charge on any atom is -0.437 e. The molecule has 0 aromatic carbocycles. The topological polar surface area (TPSA) is 27.7 Å². The van der Waals surface area contributed by atoms with Crippen molar-refractivity contribution in [3.63, 3.8) is 0 Å². The van der Waals surface area contributed by atoms with Gasteiger partial charge in [0.1, 0.15) is 0 Å². The van der Waals surface area contributed by atoms with Crippen LogP contribution in [0.1, 0.15) is 0 Å². The summed E-state index contributed by atoms with van der Waals surface area (Å²) in [5.74, 6) is 0. The van der Waals surface area contributed by atoms with Crippen LogP contribution in [0.15, 0.2) is 0 Å². The van der Waals surface area contributed by atoms with E-state index in [2.05, 4.69) is 58.9 Å². The molecular weight excluding hydrogens is 280 g/mol. The molecule has 7 heteroatoms. The van der Waals surface area contributed by atoms with Gasteiger partial charge in [0.15, 0.2) is 8.32 Å². The van der Waals surface area contributed by atoms with E-state index in [4.69, 9.17) is 12.7 Å². The molecule has 3 nitrogen and oxygen atoms in total. The van der Waals surface area contributed by atoms with Gasteiger partial charge in [-0.1, -0.05) is 13.1 Å². The first kappa shape index (κ1) is 17.7. The molecule has 0 atom stereocenters. The van der Waals surface area contributed by atoms with Crippen molar-refractivity contribution in [3.05, 3.63) is 0 Å². The molecule has 0 bridgehead atoms. The van der Waals surface area contributed by atoms with Gasteiger partial charge in [-0.05, 0) is 45.8 Å². The van der Waals surface area contributed by atoms with Crippen molar-refractivity contribution in [2.24, 2.45) is 0 Å². The highest BCUT2D eigenvalue weighted by molar-refractivity contribution is 6.86. The minimum absolute atomic E-state index is 0.665. The van der Waals surface area contributed by atoms with Crippen LogP contribution in [0, 0.1) is 0 Å². The molecule has 0 spiro atoms. The standard InChI is InChI=1S/C10H30O3Si4/c1-14(2)10-11-16(6,7)13-17(8,9)12-15(3,4)5/h14H,10H2,1-9H3. The van der Waals surface area contributed by atoms with Gasteiger partial charge in [0.05, 0.1) is 8.80 Å². The molecule has 0 saturated carbocycles. The van der Waals surface area contributed by atoms with E-state index in [0.717, 1.165) is 6.23 Å². The Hall–Kier alpha value is 0.748. The fourth-order valence-electron chi connectivity index (χ4n) is 1.75. The summed E-state index contributed by atoms with van der Waals surface area (Å²) < 4.78 is 18.4. The quantitative estimate of drug-likeness (QED) is 0.675. The number of rotatable bonds is 7. The maximum atomic E-state index is 6.24. The zero-order valence-corrected chi connectivity index (χ0v) is 17.2. The molecule has 17 heavy (non-hydrogen) atoms. The zero-order valence-electron chi connectivity index (χ0n) is 13.0. The van der Waals surface area contributed by atoms with Crippen LogP contribution in [0.25, 0.3) is 0 Å². The third-order valence-electron chi connectivity index (χ3n) is 1.81. The van der Waals surface area contributed by atoms with Gasteiger partial charge in [0, 0.05) is 6.23 Å². The van der Waals surface area contributed by atoms with E-state index >= 15 is 0 Å². The van der Waals surface area contributed by atoms with Crippen LogP contribution >= 0.6 is 0 Å². The molecule has 104 valence electrons. The average molecular weight is 311 g/mol. The van der Waals surface area contributed by atoms with Gasteiger partial charge in [-0.3, -0.25) is 0 Å². The Bertz CT molecular complexity index is 236. The van der Waals surface area contributed by atoms with Gasteiger partial charge in [0.25, 0.3) is 0 Å². The van der Waals surface area contributed by atoms with E-state index in [1.165, 1.54) is 0 Å². The van der Waals surface area contributed by atoms with Crippen molar-refractivity contribution in [2.45, 2.75) is 58.9 Å². The fourth-order valence-corrected chi connectivity index (χ4v) is 16.1. The summed E-state index contributed by atoms with van der Waals surface area (Å²) in [6, 6.07) is 0. The highest BCUT2D eigenvalue weighted by Crippen LogP contribution is 2.20. The molecule has 0 radical (unpaired) electrons. The monoisotopic (exact) mass is 310 g/mol. The first-order valence-corrected chi connectivity index (χ1v) is 18.5. The lowest BCUT2D eigenvalue weighted by atomic mass is 11.7. The summed E-state index contributed by atoms with van der Waals surface area (Å²) in [7, 11) is -6.23. The van der Waals surface area contributed by atoms with Crippen molar-refractivity contribution in [2.75, 3.05) is 6.23 Å². The Balaban J connectivity index is 4.37. The summed E-state index contributed by atoms with van der Waals surface area (Å²) >= 11 is 0. The molecule has 0 aliphatic rings. The molecule has 0 aromatic rings. The molecule has 0 aromatic heterocycles. The van der Waals surface area contributed by atoms with Gasteiger partial charge >= 0.3 is 17.1 Å². The zero-order chi connectivity index (χ0) is 13.9. The van der Waals surface area contributed by atoms with Gasteiger partial charge in [-0.2, -0.15) is 0 Å². The predicted octanol–water partition coefficient (Wildman–Crippen LogP) is 3.30. The molecular formula is C10H30O3Si4. The summed E-state index contributed by atoms with van der Waals surface area (Å²) in [5.41, 5.74) is 0. The van der Waals surface area contributed by atoms with Crippen LogP contribution < -0.4 is 0 Å². The summed E-state index contributed by atoms with van der Waals surface area (Å²) in [6.07, 6.45) is 0.913. The maximum absolute atomic E-state index is 6.24. The lowest BCUT2D eigenvalue weighted by molar-refractivity contribution is 0.264. The Morgan fingerprint density at radius 1 is 0.765 bits per heavy atom. The van der Waals surface area contributed by atoms with Crippen molar-refractivity contribution < 1.29 is 12.7 Å². The van der Waals surface area contributed by atoms with Crippen molar-refractivity contribution >= 4 is 34.2 Å². The molecule has 0 heterocycles. The van der Waals surface area contributed by atoms with Crippen molar-refractivity contribution in [1.82, 2.24) is 0 Å². The van der Waals surface area contributed by atoms with E-state index in [9.17, 15) is 0 Å². The lowest BCUT2D eigenvalue weighted by Crippen LogP contribution is -2.53. The van der Waals surface area contributed by atoms with Crippen LogP contribution in [0.4, 0.5) is 0 Å². The van der Waals surface area contributed by atoms with Crippen molar-refractivity contribution in [1.29, 1.82) is 0 Å². The highest BCUT2D eigenvalue weighted by Gasteiger charge is 2.39. The molecule has 0 aliphatic heterocycles. The molecule has 0 N–H and O–H groups in total. The second kappa shape index (κ2) is 6.26. The largest absolute Gasteiger partial charge is 0.437 e. The maximum Gasteiger partial charge on any atom is 0.322 e. The third kappa shape index (κ3) is 10.4. The van der Waals surface area contributed by atoms with Gasteiger partial charge in [-0.15, -0.1) is 0 Å². The first-order chi connectivity index (χ1) is 7.33. The number of hydrogen-bond donors (Lipinski definition) is 0. The van der Waals surface area contributed by atoms with Gasteiger partial charge < -0.3 is 12.7 Å². The van der Waals surface area contributed by atoms with E-state index in [-0.39, 0.29) is 0 Å². The summed E-state index contributed by atoms with van der Waals surface area (Å²) in [6.45, 7) is 19.8. The second-order valence-corrected chi connectivity index (χ2v) is 21.7. The third-order valence-corrected chi connectivity index (χ3v) is 12.2. The van der Waals surface area contributed by atoms with Gasteiger partial charge in [0.2, 0.25) is 0 Å². The van der Waals surface area contributed by atoms with Crippen molar-refractivity contribution in [3.8, 4) is 0 Å². The molecule has 0 fully saturated rings. The summed E-state index contributed by atoms with van der Waals surface area (Å²) in [5, 5.41) is 0. The minimum atomic E-state index is -2.03. The van der Waals surface area contributed by atoms with Gasteiger partial charge in [-0.25, -0.2) is 0 Å². The second-order valence-electron chi connectivity index (χ2n) is 6.82. The van der Waals surface area contributed by atoms with E-state index in [1.54, 1.807) is 0 Å². The Morgan fingerprint density at radius 3 is 1.59 bits per heavy atom. The van der Waals surface area contributed by atoms with Crippen LogP contribution in [-0.4, -0.2) is 40.5 Å². The summed E-state index contributed by atoms with van der Waals surface area (Å²) in [4.78, 5) is 0. The molecule has 0 unspecified atom stereocenters. The van der Waals surface area contributed by atoms with Crippen LogP contribution in [0.2, 0.25) is 58.9 Å². The molecule has 0 aliphatic carbocycles. The average Bonchev–Trinajstić information content (AvgIpc) is 1.93. The lowest BCUT2D eigenvalue weighted by Gasteiger charge is -2.37. The molecule has 0 rings (SSSR count). The Labute approximate surface area is 112 Å². The van der Waals surface area contributed by atoms with Crippen LogP contribution in [0.3, 0.4) is 0 Å². The molecule has 0 saturated heterocycles. The fraction of sp³-hybridized carbons (Fsp3) is 1.00. The first-order valence-electron chi connectivity index (χ1n) is 6.37. The Kier molecular flexibility index (Phi) is 6.54. The van der Waals surface area contributed by atoms with E-state index in [0.29, 0.717) is 0 Å². The van der Waals surface area contributed by atoms with Crippen LogP contribution in [-0.2, 0) is 12.7 Å². The van der Waals surface area contributed by atoms with E-state index < -0.39 is 34.2 Å². The van der Waals surface area contributed by atoms with E-state index in [1.807, 2.05) is 0 Å². The smallest absolute Gasteiger partial charge is 0.322 e. The number of hydrogen-bond acceptors (Lipinski definition) is 3. The SMILES string of the molecule is C[SiH](C)CO[Si](C)(C)O[Si](C)(C)O[Si](C)(C)C.